The van der Waals surface area contributed by atoms with Crippen LogP contribution in [0.5, 0.6) is 5.75 Å². The third-order valence-electron chi connectivity index (χ3n) is 7.52. The maximum atomic E-state index is 14.3. The molecular weight excluding hydrogens is 501 g/mol. The van der Waals surface area contributed by atoms with Gasteiger partial charge in [-0.15, -0.1) is 0 Å². The minimum absolute atomic E-state index is 0.0175. The van der Waals surface area contributed by atoms with Crippen molar-refractivity contribution in [2.45, 2.75) is 38.5 Å². The molecule has 202 valence electrons. The van der Waals surface area contributed by atoms with E-state index in [0.29, 0.717) is 30.3 Å². The Hall–Kier alpha value is -4.27. The Bertz CT molecular complexity index is 1380. The Labute approximate surface area is 225 Å². The van der Waals surface area contributed by atoms with Gasteiger partial charge in [-0.2, -0.15) is 0 Å². The lowest BCUT2D eigenvalue weighted by molar-refractivity contribution is -0.385. The molecule has 2 amide bonds. The van der Waals surface area contributed by atoms with Crippen molar-refractivity contribution in [3.8, 4) is 5.75 Å². The van der Waals surface area contributed by atoms with Gasteiger partial charge in [-0.25, -0.2) is 4.39 Å². The lowest BCUT2D eigenvalue weighted by atomic mass is 9.89. The summed E-state index contributed by atoms with van der Waals surface area (Å²) in [4.78, 5) is 38.1. The highest BCUT2D eigenvalue weighted by molar-refractivity contribution is 6.06. The SMILES string of the molecule is Cc1c([N+](=O)[O-])ccc(F)c1C(=O)Nc1ccc(C2CCN(C(=O)c3ccc(OCC4CC4)cc3)CC2)cc1. The lowest BCUT2D eigenvalue weighted by Gasteiger charge is -2.32. The van der Waals surface area contributed by atoms with Crippen LogP contribution in [0.1, 0.15) is 63.4 Å². The molecule has 1 saturated carbocycles. The molecule has 2 aliphatic rings. The van der Waals surface area contributed by atoms with E-state index >= 15 is 0 Å². The minimum Gasteiger partial charge on any atom is -0.493 e. The fraction of sp³-hybridized carbons (Fsp3) is 0.333. The summed E-state index contributed by atoms with van der Waals surface area (Å²) in [5, 5.41) is 13.8. The van der Waals surface area contributed by atoms with E-state index in [1.807, 2.05) is 41.3 Å². The monoisotopic (exact) mass is 531 g/mol. The predicted octanol–water partition coefficient (Wildman–Crippen LogP) is 6.10. The van der Waals surface area contributed by atoms with Crippen molar-refractivity contribution in [2.75, 3.05) is 25.0 Å². The van der Waals surface area contributed by atoms with E-state index in [2.05, 4.69) is 5.32 Å². The lowest BCUT2D eigenvalue weighted by Crippen LogP contribution is -2.37. The van der Waals surface area contributed by atoms with Gasteiger partial charge in [0.2, 0.25) is 0 Å². The van der Waals surface area contributed by atoms with Gasteiger partial charge in [0.1, 0.15) is 11.6 Å². The van der Waals surface area contributed by atoms with Crippen molar-refractivity contribution in [1.82, 2.24) is 4.90 Å². The first kappa shape index (κ1) is 26.3. The van der Waals surface area contributed by atoms with Gasteiger partial charge in [-0.3, -0.25) is 19.7 Å². The van der Waals surface area contributed by atoms with E-state index in [1.54, 1.807) is 12.1 Å². The first-order valence-electron chi connectivity index (χ1n) is 13.2. The number of benzene rings is 3. The number of carbonyl (C=O) groups is 2. The van der Waals surface area contributed by atoms with Gasteiger partial charge in [0, 0.05) is 36.0 Å². The smallest absolute Gasteiger partial charge is 0.273 e. The van der Waals surface area contributed by atoms with E-state index in [9.17, 15) is 24.1 Å². The molecule has 0 radical (unpaired) electrons. The highest BCUT2D eigenvalue weighted by Gasteiger charge is 2.26. The number of nitro groups is 1. The molecule has 39 heavy (non-hydrogen) atoms. The summed E-state index contributed by atoms with van der Waals surface area (Å²) in [5.74, 6) is 0.207. The molecule has 3 aromatic carbocycles. The number of halogens is 1. The normalized spacial score (nSPS) is 15.6. The number of anilines is 1. The molecular formula is C30H30FN3O5. The number of amides is 2. The molecule has 5 rings (SSSR count). The molecule has 0 aromatic heterocycles. The van der Waals surface area contributed by atoms with Crippen LogP contribution in [0, 0.1) is 28.8 Å². The number of hydrogen-bond acceptors (Lipinski definition) is 5. The molecule has 8 nitrogen and oxygen atoms in total. The van der Waals surface area contributed by atoms with Crippen molar-refractivity contribution < 1.29 is 23.6 Å². The van der Waals surface area contributed by atoms with Crippen LogP contribution in [0.3, 0.4) is 0 Å². The van der Waals surface area contributed by atoms with Crippen LogP contribution in [0.15, 0.2) is 60.7 Å². The summed E-state index contributed by atoms with van der Waals surface area (Å²) in [7, 11) is 0. The van der Waals surface area contributed by atoms with Gasteiger partial charge >= 0.3 is 0 Å². The number of likely N-dealkylation sites (tertiary alicyclic amines) is 1. The summed E-state index contributed by atoms with van der Waals surface area (Å²) >= 11 is 0. The van der Waals surface area contributed by atoms with E-state index in [-0.39, 0.29) is 28.6 Å². The number of piperidine rings is 1. The maximum absolute atomic E-state index is 14.3. The number of carbonyl (C=O) groups excluding carboxylic acids is 2. The van der Waals surface area contributed by atoms with Crippen molar-refractivity contribution in [3.05, 3.63) is 98.8 Å². The Morgan fingerprint density at radius 2 is 1.67 bits per heavy atom. The van der Waals surface area contributed by atoms with E-state index in [4.69, 9.17) is 4.74 Å². The van der Waals surface area contributed by atoms with Crippen LogP contribution in [0.25, 0.3) is 0 Å². The second-order valence-corrected chi connectivity index (χ2v) is 10.2. The fourth-order valence-electron chi connectivity index (χ4n) is 4.97. The summed E-state index contributed by atoms with van der Waals surface area (Å²) in [6.07, 6.45) is 4.10. The average Bonchev–Trinajstić information content (AvgIpc) is 3.77. The van der Waals surface area contributed by atoms with Crippen LogP contribution in [-0.2, 0) is 0 Å². The molecule has 1 aliphatic carbocycles. The maximum Gasteiger partial charge on any atom is 0.273 e. The molecule has 0 unspecified atom stereocenters. The third kappa shape index (κ3) is 6.08. The summed E-state index contributed by atoms with van der Waals surface area (Å²) in [6, 6.07) is 16.6. The van der Waals surface area contributed by atoms with E-state index in [1.165, 1.54) is 19.8 Å². The first-order chi connectivity index (χ1) is 18.8. The van der Waals surface area contributed by atoms with E-state index in [0.717, 1.165) is 42.9 Å². The van der Waals surface area contributed by atoms with Crippen molar-refractivity contribution >= 4 is 23.2 Å². The summed E-state index contributed by atoms with van der Waals surface area (Å²) in [5.41, 5.74) is 1.54. The van der Waals surface area contributed by atoms with Gasteiger partial charge in [-0.1, -0.05) is 12.1 Å². The van der Waals surface area contributed by atoms with E-state index < -0.39 is 16.6 Å². The Balaban J connectivity index is 1.15. The molecule has 2 fully saturated rings. The zero-order chi connectivity index (χ0) is 27.5. The van der Waals surface area contributed by atoms with Crippen molar-refractivity contribution in [3.63, 3.8) is 0 Å². The molecule has 1 heterocycles. The molecule has 1 N–H and O–H groups in total. The zero-order valence-corrected chi connectivity index (χ0v) is 21.7. The van der Waals surface area contributed by atoms with Crippen LogP contribution >= 0.6 is 0 Å². The Morgan fingerprint density at radius 1 is 1.00 bits per heavy atom. The molecule has 0 atom stereocenters. The second-order valence-electron chi connectivity index (χ2n) is 10.2. The van der Waals surface area contributed by atoms with Gasteiger partial charge in [0.15, 0.2) is 0 Å². The van der Waals surface area contributed by atoms with Crippen LogP contribution in [0.4, 0.5) is 15.8 Å². The quantitative estimate of drug-likeness (QED) is 0.279. The molecule has 3 aromatic rings. The number of rotatable bonds is 8. The van der Waals surface area contributed by atoms with Gasteiger partial charge < -0.3 is 15.0 Å². The molecule has 9 heteroatoms. The Kier molecular flexibility index (Phi) is 7.58. The predicted molar refractivity (Wildman–Crippen MR) is 145 cm³/mol. The number of nitro benzene ring substituents is 1. The molecule has 0 bridgehead atoms. The van der Waals surface area contributed by atoms with Gasteiger partial charge in [-0.05, 0) is 92.5 Å². The summed E-state index contributed by atoms with van der Waals surface area (Å²) < 4.78 is 20.1. The zero-order valence-electron chi connectivity index (χ0n) is 21.7. The largest absolute Gasteiger partial charge is 0.493 e. The number of nitrogens with one attached hydrogen (secondary N) is 1. The molecule has 1 aliphatic heterocycles. The topological polar surface area (TPSA) is 102 Å². The standard InChI is InChI=1S/C30H30FN3O5/c1-19-27(34(37)38)13-12-26(31)28(19)29(35)32-24-8-4-21(5-9-24)22-14-16-33(17-15-22)30(36)23-6-10-25(11-7-23)39-18-20-2-3-20/h4-13,20,22H,2-3,14-18H2,1H3,(H,32,35). The third-order valence-corrected chi connectivity index (χ3v) is 7.52. The number of hydrogen-bond donors (Lipinski definition) is 1. The van der Waals surface area contributed by atoms with Gasteiger partial charge in [0.05, 0.1) is 17.1 Å². The van der Waals surface area contributed by atoms with Crippen LogP contribution < -0.4 is 10.1 Å². The fourth-order valence-corrected chi connectivity index (χ4v) is 4.97. The van der Waals surface area contributed by atoms with Crippen molar-refractivity contribution in [2.24, 2.45) is 5.92 Å². The highest BCUT2D eigenvalue weighted by atomic mass is 19.1. The number of ether oxygens (including phenoxy) is 1. The summed E-state index contributed by atoms with van der Waals surface area (Å²) in [6.45, 7) is 3.39. The van der Waals surface area contributed by atoms with Gasteiger partial charge in [0.25, 0.3) is 17.5 Å². The highest BCUT2D eigenvalue weighted by Crippen LogP contribution is 2.31. The first-order valence-corrected chi connectivity index (χ1v) is 13.2. The van der Waals surface area contributed by atoms with Crippen LogP contribution in [0.2, 0.25) is 0 Å². The molecule has 1 saturated heterocycles. The molecule has 0 spiro atoms. The van der Waals surface area contributed by atoms with Crippen LogP contribution in [-0.4, -0.2) is 41.3 Å². The Morgan fingerprint density at radius 3 is 2.28 bits per heavy atom. The average molecular weight is 532 g/mol. The minimum atomic E-state index is -0.814. The second kappa shape index (κ2) is 11.2. The van der Waals surface area contributed by atoms with Crippen molar-refractivity contribution in [1.29, 1.82) is 0 Å². The number of nitrogens with zero attached hydrogens (tertiary/aromatic N) is 2.